The summed E-state index contributed by atoms with van der Waals surface area (Å²) in [7, 11) is 0. The van der Waals surface area contributed by atoms with E-state index in [0.717, 1.165) is 43.6 Å². The lowest BCUT2D eigenvalue weighted by molar-refractivity contribution is -0.123. The van der Waals surface area contributed by atoms with Gasteiger partial charge in [-0.1, -0.05) is 12.1 Å². The molecule has 1 unspecified atom stereocenters. The third kappa shape index (κ3) is 4.01. The number of nitrogens with zero attached hydrogens (tertiary/aromatic N) is 1. The summed E-state index contributed by atoms with van der Waals surface area (Å²) >= 11 is 0. The van der Waals surface area contributed by atoms with Crippen molar-refractivity contribution in [3.05, 3.63) is 59.9 Å². The molecule has 140 valence electrons. The molecule has 2 fully saturated rings. The van der Waals surface area contributed by atoms with Gasteiger partial charge in [0.2, 0.25) is 5.91 Å². The number of carbonyl (C=O) groups excluding carboxylic acids is 2. The van der Waals surface area contributed by atoms with Gasteiger partial charge in [0.1, 0.15) is 0 Å². The average molecular weight is 364 g/mol. The maximum Gasteiger partial charge on any atom is 0.255 e. The monoisotopic (exact) mass is 364 g/mol. The van der Waals surface area contributed by atoms with Crippen LogP contribution in [0.5, 0.6) is 0 Å². The molecule has 1 saturated heterocycles. The van der Waals surface area contributed by atoms with Gasteiger partial charge >= 0.3 is 0 Å². The van der Waals surface area contributed by atoms with Crippen LogP contribution in [0, 0.1) is 11.3 Å². The Kier molecular flexibility index (Phi) is 4.90. The summed E-state index contributed by atoms with van der Waals surface area (Å²) in [5.41, 5.74) is 2.57. The fraction of sp³-hybridized carbons (Fsp3) is 0.381. The summed E-state index contributed by atoms with van der Waals surface area (Å²) in [5.74, 6) is 0.185. The van der Waals surface area contributed by atoms with Crippen molar-refractivity contribution in [3.63, 3.8) is 0 Å². The Labute approximate surface area is 158 Å². The molecule has 6 heteroatoms. The Hall–Kier alpha value is -2.73. The Bertz CT molecular complexity index is 814. The van der Waals surface area contributed by atoms with E-state index in [-0.39, 0.29) is 23.1 Å². The summed E-state index contributed by atoms with van der Waals surface area (Å²) in [4.78, 5) is 28.5. The SMILES string of the molecule is O=C(Nc1ccc(CNC(=O)C2CC23CCNCC3)cc1)c1ccncc1. The largest absolute Gasteiger partial charge is 0.352 e. The van der Waals surface area contributed by atoms with Crippen LogP contribution in [0.3, 0.4) is 0 Å². The standard InChI is InChI=1S/C21H24N4O2/c26-19(16-5-9-22-10-6-16)25-17-3-1-15(2-4-17)14-24-20(27)18-13-21(18)7-11-23-12-8-21/h1-6,9-10,18,23H,7-8,11-14H2,(H,24,27)(H,25,26). The number of aromatic nitrogens is 1. The highest BCUT2D eigenvalue weighted by Crippen LogP contribution is 2.58. The minimum Gasteiger partial charge on any atom is -0.352 e. The Morgan fingerprint density at radius 2 is 1.78 bits per heavy atom. The number of rotatable bonds is 5. The molecule has 4 rings (SSSR count). The van der Waals surface area contributed by atoms with Gasteiger partial charge in [0, 0.05) is 36.1 Å². The van der Waals surface area contributed by atoms with Crippen LogP contribution < -0.4 is 16.0 Å². The second-order valence-corrected chi connectivity index (χ2v) is 7.47. The number of anilines is 1. The summed E-state index contributed by atoms with van der Waals surface area (Å²) < 4.78 is 0. The Morgan fingerprint density at radius 1 is 1.07 bits per heavy atom. The van der Waals surface area contributed by atoms with E-state index < -0.39 is 0 Å². The summed E-state index contributed by atoms with van der Waals surface area (Å²) in [5, 5.41) is 9.28. The smallest absolute Gasteiger partial charge is 0.255 e. The normalized spacial score (nSPS) is 20.1. The molecule has 2 aliphatic rings. The zero-order valence-electron chi connectivity index (χ0n) is 15.2. The van der Waals surface area contributed by atoms with Crippen LogP contribution in [0.15, 0.2) is 48.8 Å². The van der Waals surface area contributed by atoms with Crippen LogP contribution in [-0.4, -0.2) is 29.9 Å². The van der Waals surface area contributed by atoms with Gasteiger partial charge in [0.15, 0.2) is 0 Å². The van der Waals surface area contributed by atoms with Crippen molar-refractivity contribution in [1.29, 1.82) is 0 Å². The number of amides is 2. The third-order valence-electron chi connectivity index (χ3n) is 5.73. The molecule has 1 spiro atoms. The molecule has 0 bridgehead atoms. The van der Waals surface area contributed by atoms with Crippen LogP contribution in [0.25, 0.3) is 0 Å². The Morgan fingerprint density at radius 3 is 2.48 bits per heavy atom. The molecule has 0 radical (unpaired) electrons. The van der Waals surface area contributed by atoms with Gasteiger partial charge in [0.05, 0.1) is 0 Å². The van der Waals surface area contributed by atoms with E-state index >= 15 is 0 Å². The average Bonchev–Trinajstić information content (AvgIpc) is 3.41. The van der Waals surface area contributed by atoms with Crippen LogP contribution in [0.1, 0.15) is 35.2 Å². The highest BCUT2D eigenvalue weighted by Gasteiger charge is 2.57. The second-order valence-electron chi connectivity index (χ2n) is 7.47. The first-order chi connectivity index (χ1) is 13.2. The van der Waals surface area contributed by atoms with Crippen LogP contribution in [-0.2, 0) is 11.3 Å². The van der Waals surface area contributed by atoms with Gasteiger partial charge < -0.3 is 16.0 Å². The Balaban J connectivity index is 1.27. The van der Waals surface area contributed by atoms with Crippen LogP contribution in [0.2, 0.25) is 0 Å². The van der Waals surface area contributed by atoms with Crippen LogP contribution in [0.4, 0.5) is 5.69 Å². The topological polar surface area (TPSA) is 83.1 Å². The van der Waals surface area contributed by atoms with Crippen molar-refractivity contribution >= 4 is 17.5 Å². The fourth-order valence-corrected chi connectivity index (χ4v) is 3.92. The first kappa shape index (κ1) is 17.7. The molecule has 1 saturated carbocycles. The molecule has 1 atom stereocenters. The van der Waals surface area contributed by atoms with E-state index in [1.54, 1.807) is 24.5 Å². The molecular formula is C21H24N4O2. The number of hydrogen-bond acceptors (Lipinski definition) is 4. The first-order valence-corrected chi connectivity index (χ1v) is 9.45. The molecule has 1 aliphatic heterocycles. The molecule has 6 nitrogen and oxygen atoms in total. The van der Waals surface area contributed by atoms with Crippen molar-refractivity contribution in [2.75, 3.05) is 18.4 Å². The van der Waals surface area contributed by atoms with Crippen molar-refractivity contribution in [2.24, 2.45) is 11.3 Å². The van der Waals surface area contributed by atoms with Gasteiger partial charge in [-0.2, -0.15) is 0 Å². The van der Waals surface area contributed by atoms with Gasteiger partial charge in [-0.3, -0.25) is 14.6 Å². The number of hydrogen-bond donors (Lipinski definition) is 3. The molecule has 27 heavy (non-hydrogen) atoms. The van der Waals surface area contributed by atoms with Crippen molar-refractivity contribution < 1.29 is 9.59 Å². The predicted octanol–water partition coefficient (Wildman–Crippen LogP) is 2.34. The highest BCUT2D eigenvalue weighted by molar-refractivity contribution is 6.04. The zero-order valence-corrected chi connectivity index (χ0v) is 15.2. The summed E-state index contributed by atoms with van der Waals surface area (Å²) in [6, 6.07) is 10.9. The number of benzene rings is 1. The van der Waals surface area contributed by atoms with Gasteiger partial charge in [0.25, 0.3) is 5.91 Å². The van der Waals surface area contributed by atoms with Gasteiger partial charge in [-0.25, -0.2) is 0 Å². The van der Waals surface area contributed by atoms with E-state index in [0.29, 0.717) is 12.1 Å². The lowest BCUT2D eigenvalue weighted by atomic mass is 9.92. The van der Waals surface area contributed by atoms with Gasteiger partial charge in [-0.05, 0) is 67.6 Å². The third-order valence-corrected chi connectivity index (χ3v) is 5.73. The predicted molar refractivity (Wildman–Crippen MR) is 103 cm³/mol. The number of piperidine rings is 1. The molecule has 2 aromatic rings. The molecule has 3 N–H and O–H groups in total. The molecule has 2 heterocycles. The van der Waals surface area contributed by atoms with E-state index in [2.05, 4.69) is 20.9 Å². The summed E-state index contributed by atoms with van der Waals surface area (Å²) in [6.45, 7) is 2.56. The summed E-state index contributed by atoms with van der Waals surface area (Å²) in [6.07, 6.45) is 6.43. The maximum atomic E-state index is 12.4. The number of pyridine rings is 1. The van der Waals surface area contributed by atoms with E-state index in [4.69, 9.17) is 0 Å². The molecule has 1 aromatic carbocycles. The molecule has 1 aliphatic carbocycles. The fourth-order valence-electron chi connectivity index (χ4n) is 3.92. The van der Waals surface area contributed by atoms with E-state index in [1.165, 1.54) is 0 Å². The van der Waals surface area contributed by atoms with Crippen molar-refractivity contribution in [1.82, 2.24) is 15.6 Å². The second kappa shape index (κ2) is 7.48. The minimum absolute atomic E-state index is 0.167. The first-order valence-electron chi connectivity index (χ1n) is 9.45. The molecule has 1 aromatic heterocycles. The minimum atomic E-state index is -0.167. The highest BCUT2D eigenvalue weighted by atomic mass is 16.2. The van der Waals surface area contributed by atoms with Crippen molar-refractivity contribution in [3.8, 4) is 0 Å². The van der Waals surface area contributed by atoms with Crippen LogP contribution >= 0.6 is 0 Å². The van der Waals surface area contributed by atoms with Crippen molar-refractivity contribution in [2.45, 2.75) is 25.8 Å². The zero-order chi connectivity index (χ0) is 18.7. The number of nitrogens with one attached hydrogen (secondary N) is 3. The van der Waals surface area contributed by atoms with E-state index in [1.807, 2.05) is 24.3 Å². The number of carbonyl (C=O) groups is 2. The van der Waals surface area contributed by atoms with Gasteiger partial charge in [-0.15, -0.1) is 0 Å². The lowest BCUT2D eigenvalue weighted by Crippen LogP contribution is -2.33. The molecule has 2 amide bonds. The lowest BCUT2D eigenvalue weighted by Gasteiger charge is -2.23. The molecular weight excluding hydrogens is 340 g/mol. The maximum absolute atomic E-state index is 12.4. The van der Waals surface area contributed by atoms with E-state index in [9.17, 15) is 9.59 Å². The quantitative estimate of drug-likeness (QED) is 0.760.